The molecule has 3 unspecified atom stereocenters. The van der Waals surface area contributed by atoms with Crippen LogP contribution in [-0.4, -0.2) is 20.7 Å². The van der Waals surface area contributed by atoms with Crippen LogP contribution in [0, 0.1) is 5.92 Å². The Labute approximate surface area is 191 Å². The number of hydrogen-bond acceptors (Lipinski definition) is 3. The fourth-order valence-corrected chi connectivity index (χ4v) is 5.08. The van der Waals surface area contributed by atoms with Crippen LogP contribution < -0.4 is 15.0 Å². The van der Waals surface area contributed by atoms with E-state index in [-0.39, 0.29) is 0 Å². The van der Waals surface area contributed by atoms with Crippen LogP contribution in [0.15, 0.2) is 84.9 Å². The van der Waals surface area contributed by atoms with Gasteiger partial charge in [0.15, 0.2) is 0 Å². The average molecular weight is 425 g/mol. The number of rotatable bonds is 7. The molecule has 0 radical (unpaired) electrons. The van der Waals surface area contributed by atoms with Gasteiger partial charge in [0, 0.05) is 31.4 Å². The molecule has 5 rings (SSSR count). The molecule has 3 heteroatoms. The summed E-state index contributed by atoms with van der Waals surface area (Å²) in [4.78, 5) is 2.15. The Morgan fingerprint density at radius 3 is 2.56 bits per heavy atom. The van der Waals surface area contributed by atoms with Crippen LogP contribution in [0.2, 0.25) is 0 Å². The molecule has 32 heavy (non-hydrogen) atoms. The summed E-state index contributed by atoms with van der Waals surface area (Å²) in [5.74, 6) is 1.96. The standard InChI is InChI=1S/C29H32N2O/c1-31(2)23-15-13-22(14-16-23)29-26-12-6-11-25(26)27-20-24(17-18-28(27)30-29)32-19-7-10-21-8-4-3-5-9-21/h3-6,8-9,11,13-18,20,25-26,29-30H,7,10,12,19H2,1-2H3. The number of aryl methyl sites for hydroxylation is 1. The zero-order valence-corrected chi connectivity index (χ0v) is 19.0. The number of hydrogen-bond donors (Lipinski definition) is 1. The lowest BCUT2D eigenvalue weighted by molar-refractivity contribution is 0.310. The van der Waals surface area contributed by atoms with E-state index in [0.29, 0.717) is 17.9 Å². The molecule has 0 fully saturated rings. The highest BCUT2D eigenvalue weighted by atomic mass is 16.5. The minimum Gasteiger partial charge on any atom is -0.494 e. The predicted molar refractivity (Wildman–Crippen MR) is 134 cm³/mol. The van der Waals surface area contributed by atoms with Gasteiger partial charge in [-0.05, 0) is 72.2 Å². The third kappa shape index (κ3) is 4.25. The van der Waals surface area contributed by atoms with Gasteiger partial charge in [0.25, 0.3) is 0 Å². The van der Waals surface area contributed by atoms with E-state index in [0.717, 1.165) is 31.6 Å². The minimum atomic E-state index is 0.330. The second-order valence-corrected chi connectivity index (χ2v) is 9.15. The van der Waals surface area contributed by atoms with Gasteiger partial charge in [-0.1, -0.05) is 54.6 Å². The first kappa shape index (κ1) is 20.7. The maximum atomic E-state index is 6.13. The largest absolute Gasteiger partial charge is 0.494 e. The quantitative estimate of drug-likeness (QED) is 0.342. The van der Waals surface area contributed by atoms with E-state index in [1.165, 1.54) is 28.1 Å². The van der Waals surface area contributed by atoms with Gasteiger partial charge in [0.1, 0.15) is 5.75 Å². The van der Waals surface area contributed by atoms with Gasteiger partial charge >= 0.3 is 0 Å². The summed E-state index contributed by atoms with van der Waals surface area (Å²) in [6.45, 7) is 0.742. The summed E-state index contributed by atoms with van der Waals surface area (Å²) in [5, 5.41) is 3.84. The van der Waals surface area contributed by atoms with Crippen molar-refractivity contribution in [3.05, 3.63) is 102 Å². The molecule has 3 aromatic carbocycles. The number of allylic oxidation sites excluding steroid dienone is 2. The van der Waals surface area contributed by atoms with Gasteiger partial charge in [0.05, 0.1) is 12.6 Å². The number of nitrogens with one attached hydrogen (secondary N) is 1. The lowest BCUT2D eigenvalue weighted by atomic mass is 9.77. The fourth-order valence-electron chi connectivity index (χ4n) is 5.08. The number of ether oxygens (including phenoxy) is 1. The summed E-state index contributed by atoms with van der Waals surface area (Å²) in [5.41, 5.74) is 6.57. The molecule has 3 nitrogen and oxygen atoms in total. The Kier molecular flexibility index (Phi) is 5.89. The van der Waals surface area contributed by atoms with Crippen LogP contribution in [-0.2, 0) is 6.42 Å². The van der Waals surface area contributed by atoms with Crippen molar-refractivity contribution >= 4 is 11.4 Å². The summed E-state index contributed by atoms with van der Waals surface area (Å²) >= 11 is 0. The molecule has 3 atom stereocenters. The zero-order valence-electron chi connectivity index (χ0n) is 19.0. The van der Waals surface area contributed by atoms with Gasteiger partial charge < -0.3 is 15.0 Å². The van der Waals surface area contributed by atoms with Crippen LogP contribution in [0.1, 0.15) is 41.5 Å². The molecule has 0 aromatic heterocycles. The van der Waals surface area contributed by atoms with Crippen LogP contribution in [0.4, 0.5) is 11.4 Å². The third-order valence-corrected chi connectivity index (χ3v) is 6.82. The molecule has 164 valence electrons. The van der Waals surface area contributed by atoms with Gasteiger partial charge in [-0.2, -0.15) is 0 Å². The van der Waals surface area contributed by atoms with E-state index in [4.69, 9.17) is 4.74 Å². The van der Waals surface area contributed by atoms with E-state index in [9.17, 15) is 0 Å². The Hall–Kier alpha value is -3.20. The smallest absolute Gasteiger partial charge is 0.119 e. The molecule has 1 aliphatic carbocycles. The number of anilines is 2. The molecule has 1 aliphatic heterocycles. The van der Waals surface area contributed by atoms with Crippen molar-refractivity contribution in [2.45, 2.75) is 31.2 Å². The van der Waals surface area contributed by atoms with Crippen molar-refractivity contribution in [1.29, 1.82) is 0 Å². The van der Waals surface area contributed by atoms with E-state index < -0.39 is 0 Å². The molecule has 0 saturated carbocycles. The monoisotopic (exact) mass is 424 g/mol. The average Bonchev–Trinajstić information content (AvgIpc) is 3.32. The SMILES string of the molecule is CN(C)c1ccc(C2Nc3ccc(OCCCc4ccccc4)cc3C3C=CCC32)cc1. The Morgan fingerprint density at radius 2 is 1.78 bits per heavy atom. The number of fused-ring (bicyclic) bond motifs is 3. The van der Waals surface area contributed by atoms with E-state index in [2.05, 4.69) is 109 Å². The highest BCUT2D eigenvalue weighted by Gasteiger charge is 2.38. The fraction of sp³-hybridized carbons (Fsp3) is 0.310. The molecule has 0 saturated heterocycles. The molecule has 3 aromatic rings. The summed E-state index contributed by atoms with van der Waals surface area (Å²) < 4.78 is 6.13. The maximum Gasteiger partial charge on any atom is 0.119 e. The minimum absolute atomic E-state index is 0.330. The second-order valence-electron chi connectivity index (χ2n) is 9.15. The Bertz CT molecular complexity index is 1070. The van der Waals surface area contributed by atoms with Gasteiger partial charge in [-0.25, -0.2) is 0 Å². The molecule has 0 amide bonds. The molecular formula is C29H32N2O. The van der Waals surface area contributed by atoms with Crippen LogP contribution in [0.5, 0.6) is 5.75 Å². The first-order valence-corrected chi connectivity index (χ1v) is 11.7. The summed E-state index contributed by atoms with van der Waals surface area (Å²) in [6, 6.07) is 26.5. The predicted octanol–water partition coefficient (Wildman–Crippen LogP) is 6.59. The van der Waals surface area contributed by atoms with Gasteiger partial charge in [-0.15, -0.1) is 0 Å². The van der Waals surface area contributed by atoms with Gasteiger partial charge in [0.2, 0.25) is 0 Å². The third-order valence-electron chi connectivity index (χ3n) is 6.82. The van der Waals surface area contributed by atoms with Crippen molar-refractivity contribution in [3.63, 3.8) is 0 Å². The highest BCUT2D eigenvalue weighted by molar-refractivity contribution is 5.62. The Morgan fingerprint density at radius 1 is 0.969 bits per heavy atom. The first-order chi connectivity index (χ1) is 15.7. The lowest BCUT2D eigenvalue weighted by Gasteiger charge is -2.37. The molecular weight excluding hydrogens is 392 g/mol. The molecule has 0 bridgehead atoms. The maximum absolute atomic E-state index is 6.13. The van der Waals surface area contributed by atoms with Crippen molar-refractivity contribution < 1.29 is 4.74 Å². The molecule has 1 heterocycles. The topological polar surface area (TPSA) is 24.5 Å². The first-order valence-electron chi connectivity index (χ1n) is 11.7. The van der Waals surface area contributed by atoms with E-state index in [1.807, 2.05) is 0 Å². The number of benzene rings is 3. The second kappa shape index (κ2) is 9.12. The van der Waals surface area contributed by atoms with Crippen molar-refractivity contribution in [3.8, 4) is 5.75 Å². The lowest BCUT2D eigenvalue weighted by Crippen LogP contribution is -2.29. The van der Waals surface area contributed by atoms with Crippen molar-refractivity contribution in [2.24, 2.45) is 5.92 Å². The summed E-state index contributed by atoms with van der Waals surface area (Å²) in [7, 11) is 4.17. The van der Waals surface area contributed by atoms with Crippen LogP contribution in [0.25, 0.3) is 0 Å². The normalized spacial score (nSPS) is 20.9. The van der Waals surface area contributed by atoms with Crippen molar-refractivity contribution in [2.75, 3.05) is 30.9 Å². The summed E-state index contributed by atoms with van der Waals surface area (Å²) in [6.07, 6.45) is 7.93. The Balaban J connectivity index is 1.28. The van der Waals surface area contributed by atoms with Crippen molar-refractivity contribution in [1.82, 2.24) is 0 Å². The zero-order chi connectivity index (χ0) is 21.9. The highest BCUT2D eigenvalue weighted by Crippen LogP contribution is 2.50. The van der Waals surface area contributed by atoms with E-state index >= 15 is 0 Å². The number of nitrogens with zero attached hydrogens (tertiary/aromatic N) is 1. The van der Waals surface area contributed by atoms with Gasteiger partial charge in [-0.3, -0.25) is 0 Å². The molecule has 1 N–H and O–H groups in total. The van der Waals surface area contributed by atoms with Crippen LogP contribution in [0.3, 0.4) is 0 Å². The molecule has 0 spiro atoms. The van der Waals surface area contributed by atoms with E-state index in [1.54, 1.807) is 0 Å². The molecule has 2 aliphatic rings. The van der Waals surface area contributed by atoms with Crippen LogP contribution >= 0.6 is 0 Å².